The maximum Gasteiger partial charge on any atom is 0.266 e. The molecule has 5 nitrogen and oxygen atoms in total. The van der Waals surface area contributed by atoms with Gasteiger partial charge in [0, 0.05) is 11.7 Å². The smallest absolute Gasteiger partial charge is 0.266 e. The number of carbonyl (C=O) groups excluding carboxylic acids is 2. The second kappa shape index (κ2) is 10.3. The molecule has 2 aromatic carbocycles. The highest BCUT2D eigenvalue weighted by molar-refractivity contribution is 8.26. The van der Waals surface area contributed by atoms with Crippen molar-refractivity contribution in [1.82, 2.24) is 4.90 Å². The summed E-state index contributed by atoms with van der Waals surface area (Å²) in [5.41, 5.74) is 2.67. The van der Waals surface area contributed by atoms with Gasteiger partial charge in [-0.2, -0.15) is 0 Å². The van der Waals surface area contributed by atoms with E-state index in [1.165, 1.54) is 18.2 Å². The Morgan fingerprint density at radius 1 is 1.16 bits per heavy atom. The van der Waals surface area contributed by atoms with Gasteiger partial charge in [-0.1, -0.05) is 73.6 Å². The molecule has 1 aliphatic carbocycles. The Labute approximate surface area is 198 Å². The zero-order chi connectivity index (χ0) is 22.5. The van der Waals surface area contributed by atoms with Crippen LogP contribution < -0.4 is 10.1 Å². The third-order valence-electron chi connectivity index (χ3n) is 5.73. The number of aryl methyl sites for hydroxylation is 1. The first kappa shape index (κ1) is 22.6. The van der Waals surface area contributed by atoms with Crippen molar-refractivity contribution >= 4 is 51.9 Å². The molecule has 1 N–H and O–H groups in total. The van der Waals surface area contributed by atoms with Crippen molar-refractivity contribution in [3.05, 3.63) is 64.6 Å². The molecule has 0 bridgehead atoms. The highest BCUT2D eigenvalue weighted by Crippen LogP contribution is 2.37. The maximum absolute atomic E-state index is 12.9. The highest BCUT2D eigenvalue weighted by atomic mass is 32.2. The van der Waals surface area contributed by atoms with E-state index in [0.29, 0.717) is 15.0 Å². The second-order valence-electron chi connectivity index (χ2n) is 8.06. The zero-order valence-corrected chi connectivity index (χ0v) is 19.6. The van der Waals surface area contributed by atoms with E-state index in [9.17, 15) is 9.59 Å². The Hall–Kier alpha value is -2.64. The number of hydrogen-bond acceptors (Lipinski definition) is 5. The molecule has 0 unspecified atom stereocenters. The summed E-state index contributed by atoms with van der Waals surface area (Å²) < 4.78 is 6.27. The fraction of sp³-hybridized carbons (Fsp3) is 0.320. The first-order valence-electron chi connectivity index (χ1n) is 10.9. The number of nitrogens with zero attached hydrogens (tertiary/aromatic N) is 1. The summed E-state index contributed by atoms with van der Waals surface area (Å²) in [6.07, 6.45) is 7.49. The molecular weight excluding hydrogens is 440 g/mol. The lowest BCUT2D eigenvalue weighted by Gasteiger charge is -2.29. The molecule has 2 aromatic rings. The van der Waals surface area contributed by atoms with Crippen LogP contribution in [0, 0.1) is 6.92 Å². The molecule has 166 valence electrons. The number of anilines is 1. The van der Waals surface area contributed by atoms with Crippen molar-refractivity contribution in [2.75, 3.05) is 11.9 Å². The van der Waals surface area contributed by atoms with Crippen molar-refractivity contribution in [3.63, 3.8) is 0 Å². The second-order valence-corrected chi connectivity index (χ2v) is 9.74. The Kier molecular flexibility index (Phi) is 7.27. The Morgan fingerprint density at radius 3 is 2.59 bits per heavy atom. The van der Waals surface area contributed by atoms with Crippen LogP contribution in [0.1, 0.15) is 43.2 Å². The summed E-state index contributed by atoms with van der Waals surface area (Å²) in [5.74, 6) is 0.395. The first-order chi connectivity index (χ1) is 15.5. The van der Waals surface area contributed by atoms with Crippen molar-refractivity contribution < 1.29 is 14.3 Å². The number of hydrogen-bond donors (Lipinski definition) is 1. The van der Waals surface area contributed by atoms with Gasteiger partial charge in [-0.3, -0.25) is 14.5 Å². The van der Waals surface area contributed by atoms with Crippen LogP contribution in [0.4, 0.5) is 5.69 Å². The van der Waals surface area contributed by atoms with Gasteiger partial charge in [0.1, 0.15) is 10.1 Å². The molecule has 1 saturated heterocycles. The number of thioether (sulfide) groups is 1. The summed E-state index contributed by atoms with van der Waals surface area (Å²) >= 11 is 6.87. The summed E-state index contributed by atoms with van der Waals surface area (Å²) in [6, 6.07) is 15.2. The first-order valence-corrected chi connectivity index (χ1v) is 12.1. The van der Waals surface area contributed by atoms with Crippen LogP contribution in [0.5, 0.6) is 5.75 Å². The van der Waals surface area contributed by atoms with Gasteiger partial charge < -0.3 is 10.1 Å². The SMILES string of the molecule is Cc1ccccc1NC(=O)COc1ccc(/C=C2\SC(=S)N(C3CCCCC3)C2=O)cc1. The molecular formula is C25H26N2O3S2. The normalized spacial score (nSPS) is 18.3. The number of nitrogens with one attached hydrogen (secondary N) is 1. The molecule has 1 heterocycles. The van der Waals surface area contributed by atoms with E-state index in [1.54, 1.807) is 12.1 Å². The van der Waals surface area contributed by atoms with Gasteiger partial charge in [0.2, 0.25) is 0 Å². The lowest BCUT2D eigenvalue weighted by atomic mass is 9.94. The van der Waals surface area contributed by atoms with Gasteiger partial charge in [-0.15, -0.1) is 0 Å². The van der Waals surface area contributed by atoms with Crippen LogP contribution in [-0.4, -0.2) is 33.7 Å². The Bertz CT molecular complexity index is 1040. The van der Waals surface area contributed by atoms with Crippen LogP contribution in [0.3, 0.4) is 0 Å². The standard InChI is InChI=1S/C25H26N2O3S2/c1-17-7-5-6-10-21(17)26-23(28)16-30-20-13-11-18(12-14-20)15-22-24(29)27(25(31)32-22)19-8-3-2-4-9-19/h5-7,10-15,19H,2-4,8-9,16H2,1H3,(H,26,28)/b22-15-. The molecule has 1 saturated carbocycles. The average molecular weight is 467 g/mol. The lowest BCUT2D eigenvalue weighted by Crippen LogP contribution is -2.39. The number of para-hydroxylation sites is 1. The van der Waals surface area contributed by atoms with Crippen LogP contribution >= 0.6 is 24.0 Å². The minimum absolute atomic E-state index is 0.0140. The molecule has 32 heavy (non-hydrogen) atoms. The molecule has 7 heteroatoms. The summed E-state index contributed by atoms with van der Waals surface area (Å²) in [5, 5.41) is 2.85. The molecule has 2 fully saturated rings. The molecule has 2 amide bonds. The predicted molar refractivity (Wildman–Crippen MR) is 134 cm³/mol. The molecule has 0 atom stereocenters. The Balaban J connectivity index is 1.34. The molecule has 4 rings (SSSR count). The predicted octanol–water partition coefficient (Wildman–Crippen LogP) is 5.55. The van der Waals surface area contributed by atoms with E-state index in [0.717, 1.165) is 42.5 Å². The van der Waals surface area contributed by atoms with Gasteiger partial charge in [-0.05, 0) is 55.2 Å². The van der Waals surface area contributed by atoms with E-state index in [2.05, 4.69) is 5.32 Å². The van der Waals surface area contributed by atoms with E-state index < -0.39 is 0 Å². The number of ether oxygens (including phenoxy) is 1. The fourth-order valence-electron chi connectivity index (χ4n) is 3.99. The van der Waals surface area contributed by atoms with Gasteiger partial charge in [0.25, 0.3) is 11.8 Å². The average Bonchev–Trinajstić information content (AvgIpc) is 3.08. The molecule has 0 radical (unpaired) electrons. The van der Waals surface area contributed by atoms with Crippen LogP contribution in [0.2, 0.25) is 0 Å². The summed E-state index contributed by atoms with van der Waals surface area (Å²) in [4.78, 5) is 27.6. The summed E-state index contributed by atoms with van der Waals surface area (Å²) in [6.45, 7) is 1.87. The minimum atomic E-state index is -0.213. The fourth-order valence-corrected chi connectivity index (χ4v) is 5.39. The quantitative estimate of drug-likeness (QED) is 0.447. The van der Waals surface area contributed by atoms with Crippen molar-refractivity contribution in [3.8, 4) is 5.75 Å². The van der Waals surface area contributed by atoms with Gasteiger partial charge in [0.05, 0.1) is 4.91 Å². The zero-order valence-electron chi connectivity index (χ0n) is 18.0. The third kappa shape index (κ3) is 5.40. The van der Waals surface area contributed by atoms with E-state index >= 15 is 0 Å². The maximum atomic E-state index is 12.9. The monoisotopic (exact) mass is 466 g/mol. The van der Waals surface area contributed by atoms with E-state index in [1.807, 2.05) is 54.3 Å². The third-order valence-corrected chi connectivity index (χ3v) is 7.06. The number of thiocarbonyl (C=S) groups is 1. The largest absolute Gasteiger partial charge is 0.484 e. The minimum Gasteiger partial charge on any atom is -0.484 e. The van der Waals surface area contributed by atoms with E-state index in [4.69, 9.17) is 17.0 Å². The van der Waals surface area contributed by atoms with Crippen LogP contribution in [0.25, 0.3) is 6.08 Å². The summed E-state index contributed by atoms with van der Waals surface area (Å²) in [7, 11) is 0. The van der Waals surface area contributed by atoms with Gasteiger partial charge in [0.15, 0.2) is 6.61 Å². The Morgan fingerprint density at radius 2 is 1.88 bits per heavy atom. The van der Waals surface area contributed by atoms with Crippen LogP contribution in [-0.2, 0) is 9.59 Å². The van der Waals surface area contributed by atoms with Gasteiger partial charge >= 0.3 is 0 Å². The number of benzene rings is 2. The number of rotatable bonds is 6. The topological polar surface area (TPSA) is 58.6 Å². The van der Waals surface area contributed by atoms with Crippen molar-refractivity contribution in [1.29, 1.82) is 0 Å². The van der Waals surface area contributed by atoms with Crippen LogP contribution in [0.15, 0.2) is 53.4 Å². The number of amides is 2. The lowest BCUT2D eigenvalue weighted by molar-refractivity contribution is -0.124. The van der Waals surface area contributed by atoms with E-state index in [-0.39, 0.29) is 24.5 Å². The molecule has 0 aromatic heterocycles. The molecule has 2 aliphatic rings. The molecule has 1 aliphatic heterocycles. The highest BCUT2D eigenvalue weighted by Gasteiger charge is 2.37. The van der Waals surface area contributed by atoms with Crippen molar-refractivity contribution in [2.45, 2.75) is 45.1 Å². The van der Waals surface area contributed by atoms with Crippen molar-refractivity contribution in [2.24, 2.45) is 0 Å². The molecule has 0 spiro atoms. The number of carbonyl (C=O) groups is 2. The van der Waals surface area contributed by atoms with Gasteiger partial charge in [-0.25, -0.2) is 0 Å².